The number of nitrogens with zero attached hydrogens (tertiary/aromatic N) is 1. The number of rotatable bonds is 8. The van der Waals surface area contributed by atoms with Crippen LogP contribution >= 0.6 is 0 Å². The molecule has 0 aliphatic rings. The molecule has 0 aliphatic carbocycles. The van der Waals surface area contributed by atoms with E-state index in [-0.39, 0.29) is 18.7 Å². The van der Waals surface area contributed by atoms with E-state index in [1.54, 1.807) is 13.0 Å². The van der Waals surface area contributed by atoms with Crippen LogP contribution in [0, 0.1) is 17.0 Å². The summed E-state index contributed by atoms with van der Waals surface area (Å²) >= 11 is 0. The minimum atomic E-state index is -0.925. The summed E-state index contributed by atoms with van der Waals surface area (Å²) in [5.41, 5.74) is 2.11. The Kier molecular flexibility index (Phi) is 6.82. The number of amides is 1. The second kappa shape index (κ2) is 9.28. The van der Waals surface area contributed by atoms with Crippen molar-refractivity contribution in [3.8, 4) is 0 Å². The fraction of sp³-hybridized carbons (Fsp3) is 0.200. The van der Waals surface area contributed by atoms with Gasteiger partial charge in [-0.1, -0.05) is 43.0 Å². The Morgan fingerprint density at radius 3 is 2.59 bits per heavy atom. The molecule has 0 bridgehead atoms. The summed E-state index contributed by atoms with van der Waals surface area (Å²) < 4.78 is 5.14. The highest BCUT2D eigenvalue weighted by Gasteiger charge is 2.21. The van der Waals surface area contributed by atoms with Crippen molar-refractivity contribution in [1.82, 2.24) is 5.32 Å². The molecule has 0 aliphatic heterocycles. The largest absolute Gasteiger partial charge is 0.445 e. The third kappa shape index (κ3) is 5.78. The van der Waals surface area contributed by atoms with Gasteiger partial charge in [-0.05, 0) is 29.7 Å². The van der Waals surface area contributed by atoms with Gasteiger partial charge in [-0.15, -0.1) is 0 Å². The predicted octanol–water partition coefficient (Wildman–Crippen LogP) is 3.50. The van der Waals surface area contributed by atoms with Gasteiger partial charge in [-0.2, -0.15) is 0 Å². The maximum Gasteiger partial charge on any atom is 0.408 e. The molecule has 2 aromatic rings. The Bertz CT molecular complexity index is 849. The standard InChI is InChI=1S/C20H20N2O5/c1-3-19(23)18(12-16-11-17(22(25)26)10-9-14(16)2)21-20(24)27-13-15-7-5-4-6-8-15/h3-11,18H,1,12-13H2,2H3,(H,21,24). The molecule has 1 unspecified atom stereocenters. The minimum absolute atomic E-state index is 0.0670. The zero-order valence-electron chi connectivity index (χ0n) is 14.9. The SMILES string of the molecule is C=CC(=O)C(Cc1cc([N+](=O)[O-])ccc1C)NC(=O)OCc1ccccc1. The molecule has 7 heteroatoms. The van der Waals surface area contributed by atoms with Crippen molar-refractivity contribution in [3.05, 3.63) is 88.0 Å². The number of carbonyl (C=O) groups is 2. The molecule has 1 atom stereocenters. The van der Waals surface area contributed by atoms with E-state index in [1.807, 2.05) is 30.3 Å². The molecule has 0 saturated carbocycles. The quantitative estimate of drug-likeness (QED) is 0.437. The number of nitro groups is 1. The zero-order chi connectivity index (χ0) is 19.8. The van der Waals surface area contributed by atoms with Crippen molar-refractivity contribution < 1.29 is 19.2 Å². The monoisotopic (exact) mass is 368 g/mol. The number of alkyl carbamates (subject to hydrolysis) is 1. The van der Waals surface area contributed by atoms with Gasteiger partial charge in [0.1, 0.15) is 6.61 Å². The average Bonchev–Trinajstić information content (AvgIpc) is 2.67. The third-order valence-corrected chi connectivity index (χ3v) is 4.02. The van der Waals surface area contributed by atoms with E-state index in [1.165, 1.54) is 12.1 Å². The van der Waals surface area contributed by atoms with Crippen LogP contribution in [0.25, 0.3) is 0 Å². The molecule has 2 aromatic carbocycles. The second-order valence-electron chi connectivity index (χ2n) is 5.94. The maximum absolute atomic E-state index is 12.1. The molecule has 0 spiro atoms. The molecule has 1 N–H and O–H groups in total. The van der Waals surface area contributed by atoms with Gasteiger partial charge >= 0.3 is 6.09 Å². The summed E-state index contributed by atoms with van der Waals surface area (Å²) in [4.78, 5) is 34.7. The van der Waals surface area contributed by atoms with Gasteiger partial charge in [0, 0.05) is 18.6 Å². The van der Waals surface area contributed by atoms with E-state index >= 15 is 0 Å². The Labute approximate surface area is 156 Å². The van der Waals surface area contributed by atoms with Gasteiger partial charge in [-0.25, -0.2) is 4.79 Å². The normalized spacial score (nSPS) is 11.3. The lowest BCUT2D eigenvalue weighted by Gasteiger charge is -2.17. The number of ether oxygens (including phenoxy) is 1. The van der Waals surface area contributed by atoms with Crippen LogP contribution < -0.4 is 5.32 Å². The van der Waals surface area contributed by atoms with Crippen molar-refractivity contribution in [2.24, 2.45) is 0 Å². The molecular formula is C20H20N2O5. The van der Waals surface area contributed by atoms with Gasteiger partial charge in [0.2, 0.25) is 0 Å². The highest BCUT2D eigenvalue weighted by molar-refractivity contribution is 5.96. The van der Waals surface area contributed by atoms with Crippen LogP contribution in [0.4, 0.5) is 10.5 Å². The zero-order valence-corrected chi connectivity index (χ0v) is 14.9. The van der Waals surface area contributed by atoms with Gasteiger partial charge in [0.25, 0.3) is 5.69 Å². The average molecular weight is 368 g/mol. The lowest BCUT2D eigenvalue weighted by atomic mass is 9.98. The molecule has 140 valence electrons. The fourth-order valence-corrected chi connectivity index (χ4v) is 2.48. The van der Waals surface area contributed by atoms with E-state index in [2.05, 4.69) is 11.9 Å². The van der Waals surface area contributed by atoms with Gasteiger partial charge in [0.05, 0.1) is 11.0 Å². The molecule has 27 heavy (non-hydrogen) atoms. The third-order valence-electron chi connectivity index (χ3n) is 4.02. The predicted molar refractivity (Wildman–Crippen MR) is 100 cm³/mol. The Balaban J connectivity index is 2.08. The molecule has 0 heterocycles. The van der Waals surface area contributed by atoms with Crippen LogP contribution in [0.3, 0.4) is 0 Å². The number of hydrogen-bond donors (Lipinski definition) is 1. The lowest BCUT2D eigenvalue weighted by molar-refractivity contribution is -0.384. The van der Waals surface area contributed by atoms with E-state index < -0.39 is 22.8 Å². The molecule has 2 rings (SSSR count). The highest BCUT2D eigenvalue weighted by atomic mass is 16.6. The van der Waals surface area contributed by atoms with Crippen LogP contribution in [0.5, 0.6) is 0 Å². The summed E-state index contributed by atoms with van der Waals surface area (Å²) in [6.07, 6.45) is 0.454. The van der Waals surface area contributed by atoms with Gasteiger partial charge in [0.15, 0.2) is 5.78 Å². The molecule has 0 fully saturated rings. The smallest absolute Gasteiger partial charge is 0.408 e. The van der Waals surface area contributed by atoms with Crippen LogP contribution in [0.15, 0.2) is 61.2 Å². The highest BCUT2D eigenvalue weighted by Crippen LogP contribution is 2.19. The van der Waals surface area contributed by atoms with E-state index in [4.69, 9.17) is 4.74 Å². The number of carbonyl (C=O) groups excluding carboxylic acids is 2. The summed E-state index contributed by atoms with van der Waals surface area (Å²) in [6.45, 7) is 5.29. The van der Waals surface area contributed by atoms with Crippen molar-refractivity contribution >= 4 is 17.6 Å². The van der Waals surface area contributed by atoms with Crippen molar-refractivity contribution in [1.29, 1.82) is 0 Å². The summed E-state index contributed by atoms with van der Waals surface area (Å²) in [7, 11) is 0. The van der Waals surface area contributed by atoms with Crippen molar-refractivity contribution in [2.75, 3.05) is 0 Å². The van der Waals surface area contributed by atoms with Crippen LogP contribution in [-0.2, 0) is 22.6 Å². The number of non-ortho nitro benzene ring substituents is 1. The van der Waals surface area contributed by atoms with Crippen LogP contribution in [-0.4, -0.2) is 22.8 Å². The summed E-state index contributed by atoms with van der Waals surface area (Å²) in [5, 5.41) is 13.5. The summed E-state index contributed by atoms with van der Waals surface area (Å²) in [6, 6.07) is 12.6. The van der Waals surface area contributed by atoms with Gasteiger partial charge < -0.3 is 10.1 Å². The number of ketones is 1. The topological polar surface area (TPSA) is 98.5 Å². The Hall–Kier alpha value is -3.48. The first-order chi connectivity index (χ1) is 12.9. The number of nitro benzene ring substituents is 1. The fourth-order valence-electron chi connectivity index (χ4n) is 2.48. The van der Waals surface area contributed by atoms with E-state index in [9.17, 15) is 19.7 Å². The van der Waals surface area contributed by atoms with Gasteiger partial charge in [-0.3, -0.25) is 14.9 Å². The van der Waals surface area contributed by atoms with Crippen LogP contribution in [0.2, 0.25) is 0 Å². The number of benzene rings is 2. The number of aryl methyl sites for hydroxylation is 1. The van der Waals surface area contributed by atoms with E-state index in [0.717, 1.165) is 17.2 Å². The molecule has 1 amide bonds. The Morgan fingerprint density at radius 1 is 1.26 bits per heavy atom. The molecule has 0 radical (unpaired) electrons. The van der Waals surface area contributed by atoms with E-state index in [0.29, 0.717) is 5.56 Å². The van der Waals surface area contributed by atoms with Crippen molar-refractivity contribution in [3.63, 3.8) is 0 Å². The first-order valence-electron chi connectivity index (χ1n) is 8.28. The van der Waals surface area contributed by atoms with Crippen LogP contribution in [0.1, 0.15) is 16.7 Å². The maximum atomic E-state index is 12.1. The first kappa shape index (κ1) is 19.8. The second-order valence-corrected chi connectivity index (χ2v) is 5.94. The lowest BCUT2D eigenvalue weighted by Crippen LogP contribution is -2.42. The molecule has 0 saturated heterocycles. The summed E-state index contributed by atoms with van der Waals surface area (Å²) in [5.74, 6) is -0.405. The Morgan fingerprint density at radius 2 is 1.96 bits per heavy atom. The number of hydrogen-bond acceptors (Lipinski definition) is 5. The molecule has 0 aromatic heterocycles. The van der Waals surface area contributed by atoms with Crippen molar-refractivity contribution in [2.45, 2.75) is 26.0 Å². The first-order valence-corrected chi connectivity index (χ1v) is 8.28. The number of nitrogens with one attached hydrogen (secondary N) is 1. The molecule has 7 nitrogen and oxygen atoms in total. The molecular weight excluding hydrogens is 348 g/mol. The minimum Gasteiger partial charge on any atom is -0.445 e.